The number of benzene rings is 2. The van der Waals surface area contributed by atoms with Crippen molar-refractivity contribution < 1.29 is 24.4 Å². The van der Waals surface area contributed by atoms with Gasteiger partial charge in [0.05, 0.1) is 33.0 Å². The number of nitrogens with zero attached hydrogens (tertiary/aromatic N) is 1. The van der Waals surface area contributed by atoms with Gasteiger partial charge in [-0.05, 0) is 48.5 Å². The summed E-state index contributed by atoms with van der Waals surface area (Å²) in [7, 11) is 1.66. The predicted octanol–water partition coefficient (Wildman–Crippen LogP) is 3.96. The Balaban J connectivity index is 1.69. The average molecular weight is 468 g/mol. The molecule has 2 aromatic rings. The van der Waals surface area contributed by atoms with E-state index in [0.29, 0.717) is 44.5 Å². The van der Waals surface area contributed by atoms with Crippen molar-refractivity contribution >= 4 is 23.5 Å². The fourth-order valence-electron chi connectivity index (χ4n) is 2.66. The molecule has 0 unspecified atom stereocenters. The summed E-state index contributed by atoms with van der Waals surface area (Å²) in [6.45, 7) is 5.80. The Labute approximate surface area is 193 Å². The van der Waals surface area contributed by atoms with Crippen molar-refractivity contribution in [3.63, 3.8) is 0 Å². The number of phenolic OH excluding ortho intramolecular Hbond substituents is 2. The molecule has 0 aliphatic heterocycles. The molecule has 0 aromatic heterocycles. The largest absolute Gasteiger partial charge is 0.508 e. The van der Waals surface area contributed by atoms with Gasteiger partial charge in [0.2, 0.25) is 0 Å². The van der Waals surface area contributed by atoms with E-state index in [0.717, 1.165) is 40.9 Å². The highest BCUT2D eigenvalue weighted by Crippen LogP contribution is 2.22. The average Bonchev–Trinajstić information content (AvgIpc) is 2.78. The highest BCUT2D eigenvalue weighted by molar-refractivity contribution is 7.99. The molecule has 0 radical (unpaired) electrons. The standard InChI is InChI=1S/C23H33NO5S2/c1-27-14-15-29-17-16-28-13-10-24(11-18-30-22-6-2-20(25)3-7-22)12-19-31-23-8-4-21(26)5-9-23/h2-9,25-26H,10-19H2,1H3. The molecule has 172 valence electrons. The van der Waals surface area contributed by atoms with Crippen LogP contribution in [0.4, 0.5) is 0 Å². The molecule has 0 bridgehead atoms. The van der Waals surface area contributed by atoms with E-state index < -0.39 is 0 Å². The van der Waals surface area contributed by atoms with E-state index in [1.807, 2.05) is 24.3 Å². The normalized spacial score (nSPS) is 11.3. The summed E-state index contributed by atoms with van der Waals surface area (Å²) in [5.74, 6) is 2.52. The van der Waals surface area contributed by atoms with Crippen LogP contribution in [0.2, 0.25) is 0 Å². The van der Waals surface area contributed by atoms with Crippen LogP contribution in [-0.4, -0.2) is 86.4 Å². The van der Waals surface area contributed by atoms with Crippen LogP contribution in [-0.2, 0) is 14.2 Å². The number of phenols is 2. The van der Waals surface area contributed by atoms with Gasteiger partial charge in [0, 0.05) is 48.0 Å². The van der Waals surface area contributed by atoms with Gasteiger partial charge in [-0.2, -0.15) is 0 Å². The third-order valence-corrected chi connectivity index (χ3v) is 6.37. The van der Waals surface area contributed by atoms with E-state index in [9.17, 15) is 10.2 Å². The molecule has 2 N–H and O–H groups in total. The second kappa shape index (κ2) is 16.2. The quantitative estimate of drug-likeness (QED) is 0.268. The summed E-state index contributed by atoms with van der Waals surface area (Å²) in [5, 5.41) is 18.8. The molecule has 0 heterocycles. The minimum Gasteiger partial charge on any atom is -0.508 e. The molecule has 6 nitrogen and oxygen atoms in total. The van der Waals surface area contributed by atoms with Crippen LogP contribution < -0.4 is 0 Å². The van der Waals surface area contributed by atoms with E-state index in [2.05, 4.69) is 4.90 Å². The molecule has 0 atom stereocenters. The monoisotopic (exact) mass is 467 g/mol. The van der Waals surface area contributed by atoms with Gasteiger partial charge in [-0.3, -0.25) is 4.90 Å². The van der Waals surface area contributed by atoms with E-state index in [4.69, 9.17) is 14.2 Å². The fourth-order valence-corrected chi connectivity index (χ4v) is 4.49. The van der Waals surface area contributed by atoms with Gasteiger partial charge in [-0.15, -0.1) is 23.5 Å². The number of thioether (sulfide) groups is 2. The molecule has 0 amide bonds. The van der Waals surface area contributed by atoms with E-state index in [1.165, 1.54) is 0 Å². The SMILES string of the molecule is COCCOCCOCCN(CCSc1ccc(O)cc1)CCSc1ccc(O)cc1. The first-order valence-corrected chi connectivity index (χ1v) is 12.3. The van der Waals surface area contributed by atoms with Gasteiger partial charge < -0.3 is 24.4 Å². The maximum Gasteiger partial charge on any atom is 0.115 e. The molecule has 8 heteroatoms. The second-order valence-electron chi connectivity index (χ2n) is 6.74. The molecule has 31 heavy (non-hydrogen) atoms. The Hall–Kier alpha value is -1.42. The van der Waals surface area contributed by atoms with E-state index in [1.54, 1.807) is 54.9 Å². The van der Waals surface area contributed by atoms with Crippen molar-refractivity contribution in [3.05, 3.63) is 48.5 Å². The number of aromatic hydroxyl groups is 2. The summed E-state index contributed by atoms with van der Waals surface area (Å²) < 4.78 is 16.1. The van der Waals surface area contributed by atoms with Gasteiger partial charge >= 0.3 is 0 Å². The van der Waals surface area contributed by atoms with Gasteiger partial charge in [0.1, 0.15) is 11.5 Å². The number of hydrogen-bond donors (Lipinski definition) is 2. The van der Waals surface area contributed by atoms with Crippen molar-refractivity contribution in [2.75, 3.05) is 71.3 Å². The number of rotatable bonds is 17. The highest BCUT2D eigenvalue weighted by atomic mass is 32.2. The van der Waals surface area contributed by atoms with Crippen LogP contribution >= 0.6 is 23.5 Å². The molecular formula is C23H33NO5S2. The molecule has 0 saturated heterocycles. The van der Waals surface area contributed by atoms with Crippen molar-refractivity contribution in [2.24, 2.45) is 0 Å². The zero-order valence-corrected chi connectivity index (χ0v) is 19.7. The van der Waals surface area contributed by atoms with Crippen LogP contribution in [0.25, 0.3) is 0 Å². The molecule has 0 aliphatic carbocycles. The van der Waals surface area contributed by atoms with Crippen LogP contribution in [0, 0.1) is 0 Å². The summed E-state index contributed by atoms with van der Waals surface area (Å²) in [4.78, 5) is 4.72. The van der Waals surface area contributed by atoms with E-state index in [-0.39, 0.29) is 0 Å². The first-order chi connectivity index (χ1) is 15.2. The Bertz CT molecular complexity index is 649. The smallest absolute Gasteiger partial charge is 0.115 e. The molecule has 2 rings (SSSR count). The first-order valence-electron chi connectivity index (χ1n) is 10.4. The third kappa shape index (κ3) is 12.3. The molecule has 0 spiro atoms. The Morgan fingerprint density at radius 3 is 1.58 bits per heavy atom. The Kier molecular flexibility index (Phi) is 13.5. The predicted molar refractivity (Wildman–Crippen MR) is 128 cm³/mol. The van der Waals surface area contributed by atoms with Crippen LogP contribution in [0.15, 0.2) is 58.3 Å². The Morgan fingerprint density at radius 1 is 0.645 bits per heavy atom. The number of methoxy groups -OCH3 is 1. The highest BCUT2D eigenvalue weighted by Gasteiger charge is 2.07. The van der Waals surface area contributed by atoms with Gasteiger partial charge in [-0.25, -0.2) is 0 Å². The fraction of sp³-hybridized carbons (Fsp3) is 0.478. The van der Waals surface area contributed by atoms with Crippen molar-refractivity contribution in [2.45, 2.75) is 9.79 Å². The van der Waals surface area contributed by atoms with E-state index >= 15 is 0 Å². The zero-order valence-electron chi connectivity index (χ0n) is 18.1. The van der Waals surface area contributed by atoms with Gasteiger partial charge in [0.25, 0.3) is 0 Å². The molecule has 2 aromatic carbocycles. The molecule has 0 fully saturated rings. The molecular weight excluding hydrogens is 434 g/mol. The zero-order chi connectivity index (χ0) is 22.2. The van der Waals surface area contributed by atoms with Crippen LogP contribution in [0.5, 0.6) is 11.5 Å². The van der Waals surface area contributed by atoms with Crippen LogP contribution in [0.3, 0.4) is 0 Å². The molecule has 0 aliphatic rings. The third-order valence-electron chi connectivity index (χ3n) is 4.38. The lowest BCUT2D eigenvalue weighted by molar-refractivity contribution is 0.0202. The van der Waals surface area contributed by atoms with Crippen molar-refractivity contribution in [3.8, 4) is 11.5 Å². The number of hydrogen-bond acceptors (Lipinski definition) is 8. The van der Waals surface area contributed by atoms with Gasteiger partial charge in [0.15, 0.2) is 0 Å². The minimum absolute atomic E-state index is 0.292. The lowest BCUT2D eigenvalue weighted by Crippen LogP contribution is -2.32. The molecule has 0 saturated carbocycles. The second-order valence-corrected chi connectivity index (χ2v) is 9.08. The summed E-state index contributed by atoms with van der Waals surface area (Å²) in [6, 6.07) is 14.6. The first kappa shape index (κ1) is 25.8. The van der Waals surface area contributed by atoms with Crippen LogP contribution in [0.1, 0.15) is 0 Å². The maximum absolute atomic E-state index is 9.42. The minimum atomic E-state index is 0.292. The van der Waals surface area contributed by atoms with Crippen molar-refractivity contribution in [1.82, 2.24) is 4.90 Å². The summed E-state index contributed by atoms with van der Waals surface area (Å²) in [6.07, 6.45) is 0. The summed E-state index contributed by atoms with van der Waals surface area (Å²) >= 11 is 3.57. The van der Waals surface area contributed by atoms with Gasteiger partial charge in [-0.1, -0.05) is 0 Å². The Morgan fingerprint density at radius 2 is 1.10 bits per heavy atom. The maximum atomic E-state index is 9.42. The summed E-state index contributed by atoms with van der Waals surface area (Å²) in [5.41, 5.74) is 0. The lowest BCUT2D eigenvalue weighted by Gasteiger charge is -2.22. The lowest BCUT2D eigenvalue weighted by atomic mass is 10.3. The number of ether oxygens (including phenoxy) is 3. The topological polar surface area (TPSA) is 71.4 Å². The van der Waals surface area contributed by atoms with Crippen molar-refractivity contribution in [1.29, 1.82) is 0 Å².